The Bertz CT molecular complexity index is 3170. The normalized spacial score (nSPS) is 12.5. The topological polar surface area (TPSA) is 219 Å². The number of benzene rings is 2. The van der Waals surface area contributed by atoms with Crippen molar-refractivity contribution in [2.24, 2.45) is 0 Å². The fourth-order valence-corrected chi connectivity index (χ4v) is 9.07. The van der Waals surface area contributed by atoms with Gasteiger partial charge in [-0.3, -0.25) is 19.6 Å². The zero-order valence-corrected chi connectivity index (χ0v) is 38.0. The molecule has 0 bridgehead atoms. The molecule has 1 aliphatic rings. The number of rotatable bonds is 13. The van der Waals surface area contributed by atoms with E-state index >= 15 is 0 Å². The van der Waals surface area contributed by atoms with Gasteiger partial charge in [0.05, 0.1) is 33.5 Å². The van der Waals surface area contributed by atoms with Crippen LogP contribution in [0.5, 0.6) is 0 Å². The van der Waals surface area contributed by atoms with Gasteiger partial charge in [0.15, 0.2) is 0 Å². The average Bonchev–Trinajstić information content (AvgIpc) is 4.10. The quantitative estimate of drug-likeness (QED) is 0.0724. The number of esters is 1. The highest BCUT2D eigenvalue weighted by Gasteiger charge is 2.28. The highest BCUT2D eigenvalue weighted by Crippen LogP contribution is 2.34. The molecule has 0 aliphatic heterocycles. The van der Waals surface area contributed by atoms with Crippen LogP contribution in [0.4, 0.5) is 27.5 Å². The maximum Gasteiger partial charge on any atom is 0.511 e. The minimum absolute atomic E-state index is 0.0109. The molecule has 17 nitrogen and oxygen atoms in total. The predicted octanol–water partition coefficient (Wildman–Crippen LogP) is 9.87. The number of aromatic carboxylic acids is 1. The van der Waals surface area contributed by atoms with Crippen molar-refractivity contribution in [2.45, 2.75) is 65.1 Å². The lowest BCUT2D eigenvalue weighted by molar-refractivity contribution is -0.0429. The summed E-state index contributed by atoms with van der Waals surface area (Å²) in [5, 5.41) is 31.9. The molecule has 1 saturated carbocycles. The number of hydrogen-bond donors (Lipinski definition) is 3. The van der Waals surface area contributed by atoms with Crippen molar-refractivity contribution in [3.8, 4) is 21.1 Å². The molecular formula is C48H44N8O9S2. The second kappa shape index (κ2) is 21.0. The second-order valence-electron chi connectivity index (χ2n) is 15.1. The molecule has 1 aliphatic carbocycles. The van der Waals surface area contributed by atoms with Crippen LogP contribution in [0, 0.1) is 0 Å². The fraction of sp³-hybridized carbons (Fsp3) is 0.229. The summed E-state index contributed by atoms with van der Waals surface area (Å²) in [6.45, 7) is 3.51. The van der Waals surface area contributed by atoms with E-state index in [1.165, 1.54) is 32.0 Å². The number of carboxylic acids is 1. The van der Waals surface area contributed by atoms with E-state index in [4.69, 9.17) is 14.2 Å². The van der Waals surface area contributed by atoms with E-state index in [0.717, 1.165) is 53.6 Å². The molecule has 2 aromatic carbocycles. The third-order valence-electron chi connectivity index (χ3n) is 10.9. The molecule has 6 heterocycles. The summed E-state index contributed by atoms with van der Waals surface area (Å²) in [6.07, 6.45) is 10.2. The van der Waals surface area contributed by atoms with Crippen LogP contribution < -0.4 is 21.8 Å². The SMILES string of the molecule is CCn1nc(-c2cccs2)c(C(=O)O)c(Nc2cncc3ccccc23)c1=O.CCn1nc(-c2cccs2)c(C(=O)OCOC(=O)OC2CCCCC2)c(Nc2cncc3ccccc23)c1=O. The number of carbonyl (C=O) groups is 3. The smallest absolute Gasteiger partial charge is 0.478 e. The Morgan fingerprint density at radius 3 is 1.67 bits per heavy atom. The lowest BCUT2D eigenvalue weighted by Gasteiger charge is -2.21. The van der Waals surface area contributed by atoms with Crippen LogP contribution in [0.2, 0.25) is 0 Å². The molecule has 0 atom stereocenters. The molecule has 342 valence electrons. The molecule has 1 fully saturated rings. The average molecular weight is 941 g/mol. The molecule has 0 radical (unpaired) electrons. The van der Waals surface area contributed by atoms with Gasteiger partial charge in [-0.25, -0.2) is 23.7 Å². The van der Waals surface area contributed by atoms with Crippen LogP contribution in [-0.4, -0.2) is 65.6 Å². The first-order valence-electron chi connectivity index (χ1n) is 21.5. The highest BCUT2D eigenvalue weighted by molar-refractivity contribution is 7.13. The van der Waals surface area contributed by atoms with Crippen LogP contribution in [-0.2, 0) is 27.3 Å². The first-order valence-corrected chi connectivity index (χ1v) is 23.2. The van der Waals surface area contributed by atoms with Crippen molar-refractivity contribution in [1.82, 2.24) is 29.5 Å². The molecule has 19 heteroatoms. The zero-order chi connectivity index (χ0) is 46.9. The van der Waals surface area contributed by atoms with Gasteiger partial charge < -0.3 is 30.0 Å². The number of aromatic nitrogens is 6. The molecule has 0 unspecified atom stereocenters. The van der Waals surface area contributed by atoms with Gasteiger partial charge in [0.1, 0.15) is 40.0 Å². The number of ether oxygens (including phenoxy) is 3. The van der Waals surface area contributed by atoms with Crippen molar-refractivity contribution in [1.29, 1.82) is 0 Å². The Labute approximate surface area is 390 Å². The van der Waals surface area contributed by atoms with E-state index in [2.05, 4.69) is 30.8 Å². The van der Waals surface area contributed by atoms with Gasteiger partial charge in [0, 0.05) is 47.0 Å². The van der Waals surface area contributed by atoms with Gasteiger partial charge >= 0.3 is 18.1 Å². The molecule has 0 amide bonds. The first kappa shape index (κ1) is 45.8. The predicted molar refractivity (Wildman–Crippen MR) is 257 cm³/mol. The summed E-state index contributed by atoms with van der Waals surface area (Å²) in [6, 6.07) is 22.3. The van der Waals surface area contributed by atoms with Crippen LogP contribution in [0.25, 0.3) is 42.7 Å². The summed E-state index contributed by atoms with van der Waals surface area (Å²) in [7, 11) is 0. The lowest BCUT2D eigenvalue weighted by Crippen LogP contribution is -2.29. The van der Waals surface area contributed by atoms with Crippen molar-refractivity contribution >= 4 is 85.1 Å². The standard InChI is InChI=1S/C28H28N4O6S.C20H16N4O3S/c1-2-32-26(33)25(30-21-16-29-15-18-9-6-7-12-20(18)21)23(24(31-32)22-13-8-14-39-22)27(34)36-17-37-28(35)38-19-10-4-3-5-11-19;1-2-24-19(25)18(16(20(26)27)17(23-24)15-8-5-9-28-15)22-14-11-21-10-12-6-3-4-7-13(12)14/h6-9,12-16,19,30H,2-5,10-11,17H2,1H3;3-11,22H,2H2,1H3,(H,26,27). The van der Waals surface area contributed by atoms with E-state index in [0.29, 0.717) is 27.7 Å². The third kappa shape index (κ3) is 10.2. The minimum atomic E-state index is -1.22. The maximum absolute atomic E-state index is 13.5. The number of anilines is 4. The Kier molecular flexibility index (Phi) is 14.4. The van der Waals surface area contributed by atoms with E-state index in [9.17, 15) is 29.1 Å². The van der Waals surface area contributed by atoms with Crippen molar-refractivity contribution in [3.63, 3.8) is 0 Å². The summed E-state index contributed by atoms with van der Waals surface area (Å²) in [4.78, 5) is 74.0. The number of nitrogens with zero attached hydrogens (tertiary/aromatic N) is 6. The summed E-state index contributed by atoms with van der Waals surface area (Å²) in [5.41, 5.74) is 0.393. The number of hydrogen-bond acceptors (Lipinski definition) is 16. The number of nitrogens with one attached hydrogen (secondary N) is 2. The van der Waals surface area contributed by atoms with E-state index in [1.807, 2.05) is 71.4 Å². The van der Waals surface area contributed by atoms with Crippen molar-refractivity contribution < 1.29 is 33.7 Å². The minimum Gasteiger partial charge on any atom is -0.478 e. The summed E-state index contributed by atoms with van der Waals surface area (Å²) >= 11 is 2.74. The molecule has 9 rings (SSSR count). The number of fused-ring (bicyclic) bond motifs is 2. The zero-order valence-electron chi connectivity index (χ0n) is 36.3. The Morgan fingerprint density at radius 1 is 0.672 bits per heavy atom. The number of carbonyl (C=O) groups excluding carboxylic acids is 2. The van der Waals surface area contributed by atoms with Crippen LogP contribution in [0.3, 0.4) is 0 Å². The van der Waals surface area contributed by atoms with Crippen molar-refractivity contribution in [3.05, 3.63) is 140 Å². The number of thiophene rings is 2. The molecule has 3 N–H and O–H groups in total. The third-order valence-corrected chi connectivity index (χ3v) is 12.6. The van der Waals surface area contributed by atoms with E-state index in [1.54, 1.807) is 50.8 Å². The Morgan fingerprint density at radius 2 is 1.18 bits per heavy atom. The number of aryl methyl sites for hydroxylation is 2. The van der Waals surface area contributed by atoms with E-state index < -0.39 is 36.0 Å². The molecule has 6 aromatic heterocycles. The van der Waals surface area contributed by atoms with Crippen LogP contribution in [0.1, 0.15) is 66.7 Å². The van der Waals surface area contributed by atoms with Crippen LogP contribution in [0.15, 0.2) is 118 Å². The molecule has 67 heavy (non-hydrogen) atoms. The van der Waals surface area contributed by atoms with Gasteiger partial charge in [0.25, 0.3) is 11.1 Å². The monoisotopic (exact) mass is 940 g/mol. The number of pyridine rings is 2. The van der Waals surface area contributed by atoms with Gasteiger partial charge in [0.2, 0.25) is 6.79 Å². The van der Waals surface area contributed by atoms with Gasteiger partial charge in [-0.15, -0.1) is 22.7 Å². The van der Waals surface area contributed by atoms with E-state index in [-0.39, 0.29) is 46.5 Å². The Balaban J connectivity index is 0.000000192. The van der Waals surface area contributed by atoms with Gasteiger partial charge in [-0.1, -0.05) is 67.1 Å². The molecule has 0 spiro atoms. The molecule has 0 saturated heterocycles. The fourth-order valence-electron chi connectivity index (χ4n) is 7.64. The van der Waals surface area contributed by atoms with Crippen LogP contribution >= 0.6 is 22.7 Å². The maximum atomic E-state index is 13.5. The second-order valence-corrected chi connectivity index (χ2v) is 17.0. The largest absolute Gasteiger partial charge is 0.511 e. The number of carboxylic acid groups (broad SMARTS) is 1. The lowest BCUT2D eigenvalue weighted by atomic mass is 9.98. The van der Waals surface area contributed by atoms with Crippen molar-refractivity contribution in [2.75, 3.05) is 17.4 Å². The molecular weight excluding hydrogens is 897 g/mol. The van der Waals surface area contributed by atoms with Gasteiger partial charge in [-0.05, 0) is 62.4 Å². The first-order chi connectivity index (χ1) is 32.6. The highest BCUT2D eigenvalue weighted by atomic mass is 32.1. The molecule has 8 aromatic rings. The summed E-state index contributed by atoms with van der Waals surface area (Å²) in [5.74, 6) is -2.08. The Hall–Kier alpha value is -7.77. The summed E-state index contributed by atoms with van der Waals surface area (Å²) < 4.78 is 18.2. The van der Waals surface area contributed by atoms with Gasteiger partial charge in [-0.2, -0.15) is 10.2 Å².